The van der Waals surface area contributed by atoms with Gasteiger partial charge in [0.15, 0.2) is 0 Å². The molecule has 0 radical (unpaired) electrons. The van der Waals surface area contributed by atoms with Gasteiger partial charge >= 0.3 is 0 Å². The molecule has 0 bridgehead atoms. The first-order valence-electron chi connectivity index (χ1n) is 12.2. The van der Waals surface area contributed by atoms with Crippen molar-refractivity contribution in [1.82, 2.24) is 0 Å². The minimum atomic E-state index is 0.402. The predicted molar refractivity (Wildman–Crippen MR) is 115 cm³/mol. The molecule has 0 heterocycles. The molecule has 0 aromatic rings. The van der Waals surface area contributed by atoms with Crippen LogP contribution in [0.5, 0.6) is 0 Å². The van der Waals surface area contributed by atoms with E-state index in [0.717, 1.165) is 30.3 Å². The fraction of sp³-hybridized carbons (Fsp3) is 0.923. The van der Waals surface area contributed by atoms with Crippen molar-refractivity contribution in [2.45, 2.75) is 105 Å². The fourth-order valence-electron chi connectivity index (χ4n) is 7.87. The first kappa shape index (κ1) is 20.0. The zero-order valence-electron chi connectivity index (χ0n) is 18.7. The summed E-state index contributed by atoms with van der Waals surface area (Å²) in [6.45, 7) is 13.1. The van der Waals surface area contributed by atoms with Gasteiger partial charge in [-0.25, -0.2) is 0 Å². The van der Waals surface area contributed by atoms with Crippen LogP contribution in [0.4, 0.5) is 0 Å². The van der Waals surface area contributed by atoms with Gasteiger partial charge in [0.2, 0.25) is 0 Å². The highest BCUT2D eigenvalue weighted by molar-refractivity contribution is 5.24. The van der Waals surface area contributed by atoms with Gasteiger partial charge in [-0.05, 0) is 105 Å². The first-order valence-corrected chi connectivity index (χ1v) is 12.2. The van der Waals surface area contributed by atoms with Crippen molar-refractivity contribution in [1.29, 1.82) is 0 Å². The summed E-state index contributed by atoms with van der Waals surface area (Å²) >= 11 is 0. The van der Waals surface area contributed by atoms with Crippen molar-refractivity contribution in [2.24, 2.45) is 40.4 Å². The molecule has 4 aliphatic rings. The summed E-state index contributed by atoms with van der Waals surface area (Å²) in [7, 11) is 0. The highest BCUT2D eigenvalue weighted by Crippen LogP contribution is 2.66. The lowest BCUT2D eigenvalue weighted by Crippen LogP contribution is -2.49. The molecule has 3 fully saturated rings. The van der Waals surface area contributed by atoms with Gasteiger partial charge in [-0.15, -0.1) is 0 Å². The van der Waals surface area contributed by atoms with Crippen LogP contribution in [0.3, 0.4) is 0 Å². The third-order valence-electron chi connectivity index (χ3n) is 10.00. The second-order valence-corrected chi connectivity index (χ2v) is 11.4. The Labute approximate surface area is 168 Å². The Morgan fingerprint density at radius 1 is 1.04 bits per heavy atom. The van der Waals surface area contributed by atoms with Crippen molar-refractivity contribution in [2.75, 3.05) is 6.61 Å². The first-order chi connectivity index (χ1) is 12.9. The Balaban J connectivity index is 1.44. The maximum atomic E-state index is 6.17. The van der Waals surface area contributed by atoms with Crippen LogP contribution in [-0.4, -0.2) is 12.7 Å². The molecule has 7 atom stereocenters. The van der Waals surface area contributed by atoms with Crippen molar-refractivity contribution in [3.05, 3.63) is 11.6 Å². The van der Waals surface area contributed by atoms with Gasteiger partial charge in [-0.3, -0.25) is 0 Å². The van der Waals surface area contributed by atoms with E-state index in [1.54, 1.807) is 0 Å². The maximum Gasteiger partial charge on any atom is 0.0569 e. The van der Waals surface area contributed by atoms with Gasteiger partial charge < -0.3 is 4.74 Å². The molecule has 4 aliphatic carbocycles. The van der Waals surface area contributed by atoms with Crippen molar-refractivity contribution >= 4 is 0 Å². The number of allylic oxidation sites excluding steroid dienone is 2. The molecule has 0 aliphatic heterocycles. The SMILES string of the molecule is CC(C)C(C)OCCC1CCC2C3CC=C4CCCCC4(C)C3CCC12C. The Hall–Kier alpha value is -0.300. The normalized spacial score (nSPS) is 45.0. The average Bonchev–Trinajstić information content (AvgIpc) is 2.97. The second kappa shape index (κ2) is 7.51. The standard InChI is InChI=1S/C26H44O/c1-18(2)19(3)27-17-14-21-10-12-23-22-11-9-20-8-6-7-15-25(20,4)24(22)13-16-26(21,23)5/h9,18-19,21-24H,6-8,10-17H2,1-5H3. The van der Waals surface area contributed by atoms with Crippen molar-refractivity contribution < 1.29 is 4.74 Å². The molecule has 0 amide bonds. The summed E-state index contributed by atoms with van der Waals surface area (Å²) < 4.78 is 6.17. The molecular weight excluding hydrogens is 328 g/mol. The summed E-state index contributed by atoms with van der Waals surface area (Å²) in [6.07, 6.45) is 17.5. The summed E-state index contributed by atoms with van der Waals surface area (Å²) in [4.78, 5) is 0. The summed E-state index contributed by atoms with van der Waals surface area (Å²) in [5.41, 5.74) is 2.99. The van der Waals surface area contributed by atoms with Crippen LogP contribution in [0.25, 0.3) is 0 Å². The molecule has 7 unspecified atom stereocenters. The van der Waals surface area contributed by atoms with Gasteiger partial charge in [0, 0.05) is 6.61 Å². The van der Waals surface area contributed by atoms with Crippen molar-refractivity contribution in [3.8, 4) is 0 Å². The number of rotatable bonds is 5. The molecule has 0 N–H and O–H groups in total. The zero-order chi connectivity index (χ0) is 19.2. The number of fused-ring (bicyclic) bond motifs is 5. The molecule has 0 spiro atoms. The van der Waals surface area contributed by atoms with Crippen molar-refractivity contribution in [3.63, 3.8) is 0 Å². The molecule has 0 aromatic carbocycles. The van der Waals surface area contributed by atoms with Crippen LogP contribution in [0.1, 0.15) is 98.8 Å². The largest absolute Gasteiger partial charge is 0.378 e. The van der Waals surface area contributed by atoms with Crippen LogP contribution in [-0.2, 0) is 4.74 Å². The summed E-state index contributed by atoms with van der Waals surface area (Å²) in [6, 6.07) is 0. The number of hydrogen-bond acceptors (Lipinski definition) is 1. The lowest BCUT2D eigenvalue weighted by molar-refractivity contribution is -0.0496. The minimum absolute atomic E-state index is 0.402. The van der Waals surface area contributed by atoms with E-state index in [0.29, 0.717) is 22.9 Å². The third kappa shape index (κ3) is 3.34. The Morgan fingerprint density at radius 3 is 2.63 bits per heavy atom. The monoisotopic (exact) mass is 372 g/mol. The number of hydrogen-bond donors (Lipinski definition) is 0. The molecule has 0 aromatic heterocycles. The van der Waals surface area contributed by atoms with Crippen LogP contribution >= 0.6 is 0 Å². The highest BCUT2D eigenvalue weighted by Gasteiger charge is 2.57. The molecule has 27 heavy (non-hydrogen) atoms. The Bertz CT molecular complexity index is 563. The maximum absolute atomic E-state index is 6.17. The van der Waals surface area contributed by atoms with E-state index in [2.05, 4.69) is 40.7 Å². The van der Waals surface area contributed by atoms with Gasteiger partial charge in [-0.2, -0.15) is 0 Å². The van der Waals surface area contributed by atoms with Gasteiger partial charge in [0.1, 0.15) is 0 Å². The Morgan fingerprint density at radius 2 is 1.85 bits per heavy atom. The van der Waals surface area contributed by atoms with Crippen LogP contribution in [0.15, 0.2) is 11.6 Å². The molecule has 0 saturated heterocycles. The average molecular weight is 373 g/mol. The van der Waals surface area contributed by atoms with Gasteiger partial charge in [-0.1, -0.05) is 45.8 Å². The fourth-order valence-corrected chi connectivity index (χ4v) is 7.87. The van der Waals surface area contributed by atoms with E-state index in [-0.39, 0.29) is 0 Å². The van der Waals surface area contributed by atoms with E-state index >= 15 is 0 Å². The van der Waals surface area contributed by atoms with Crippen LogP contribution < -0.4 is 0 Å². The second-order valence-electron chi connectivity index (χ2n) is 11.4. The molecule has 154 valence electrons. The lowest BCUT2D eigenvalue weighted by Gasteiger charge is -2.57. The van der Waals surface area contributed by atoms with E-state index in [1.807, 2.05) is 5.57 Å². The summed E-state index contributed by atoms with van der Waals surface area (Å²) in [5, 5.41) is 0. The number of ether oxygens (including phenoxy) is 1. The molecular formula is C26H44O. The quantitative estimate of drug-likeness (QED) is 0.457. The lowest BCUT2D eigenvalue weighted by atomic mass is 9.47. The van der Waals surface area contributed by atoms with Crippen LogP contribution in [0, 0.1) is 40.4 Å². The zero-order valence-corrected chi connectivity index (χ0v) is 18.7. The Kier molecular flexibility index (Phi) is 5.56. The van der Waals surface area contributed by atoms with E-state index in [4.69, 9.17) is 4.74 Å². The molecule has 1 nitrogen and oxygen atoms in total. The highest BCUT2D eigenvalue weighted by atomic mass is 16.5. The van der Waals surface area contributed by atoms with E-state index in [9.17, 15) is 0 Å². The third-order valence-corrected chi connectivity index (χ3v) is 10.00. The molecule has 1 heteroatoms. The minimum Gasteiger partial charge on any atom is -0.378 e. The topological polar surface area (TPSA) is 9.23 Å². The molecule has 3 saturated carbocycles. The van der Waals surface area contributed by atoms with Gasteiger partial charge in [0.25, 0.3) is 0 Å². The van der Waals surface area contributed by atoms with E-state index < -0.39 is 0 Å². The molecule has 4 rings (SSSR count). The van der Waals surface area contributed by atoms with Crippen LogP contribution in [0.2, 0.25) is 0 Å². The van der Waals surface area contributed by atoms with Gasteiger partial charge in [0.05, 0.1) is 6.10 Å². The predicted octanol–water partition coefficient (Wildman–Crippen LogP) is 7.41. The smallest absolute Gasteiger partial charge is 0.0569 e. The summed E-state index contributed by atoms with van der Waals surface area (Å²) in [5.74, 6) is 4.45. The van der Waals surface area contributed by atoms with E-state index in [1.165, 1.54) is 64.2 Å².